The largest absolute Gasteiger partial charge is 0.298 e. The zero-order valence-corrected chi connectivity index (χ0v) is 5.22. The summed E-state index contributed by atoms with van der Waals surface area (Å²) in [7, 11) is 0. The highest BCUT2D eigenvalue weighted by Crippen LogP contribution is 1.98. The third-order valence-electron chi connectivity index (χ3n) is 1.33. The van der Waals surface area contributed by atoms with Crippen LogP contribution in [0.25, 0.3) is 0 Å². The van der Waals surface area contributed by atoms with Gasteiger partial charge in [-0.3, -0.25) is 10.3 Å². The van der Waals surface area contributed by atoms with Crippen LogP contribution in [0.1, 0.15) is 13.3 Å². The van der Waals surface area contributed by atoms with Crippen LogP contribution in [0.2, 0.25) is 0 Å². The molecule has 8 heavy (non-hydrogen) atoms. The van der Waals surface area contributed by atoms with Crippen molar-refractivity contribution in [3.63, 3.8) is 0 Å². The lowest BCUT2D eigenvalue weighted by Gasteiger charge is -2.02. The minimum absolute atomic E-state index is 0.765. The zero-order valence-electron chi connectivity index (χ0n) is 5.22. The maximum absolute atomic E-state index is 4.09. The molecular weight excluding hydrogens is 100 g/mol. The molecule has 1 atom stereocenters. The molecule has 0 amide bonds. The number of aliphatic imine (C=N–C) groups is 1. The van der Waals surface area contributed by atoms with E-state index in [0.717, 1.165) is 25.6 Å². The lowest BCUT2D eigenvalue weighted by Crippen LogP contribution is -2.18. The highest BCUT2D eigenvalue weighted by molar-refractivity contribution is 5.57. The predicted octanol–water partition coefficient (Wildman–Crippen LogP) is 0.644. The first kappa shape index (κ1) is 5.76. The molecule has 0 spiro atoms. The highest BCUT2D eigenvalue weighted by Gasteiger charge is 2.00. The molecule has 1 rings (SSSR count). The molecule has 0 fully saturated rings. The fraction of sp³-hybridized carbons (Fsp3) is 0.833. The van der Waals surface area contributed by atoms with Crippen molar-refractivity contribution in [2.24, 2.45) is 10.9 Å². The minimum Gasteiger partial charge on any atom is -0.298 e. The van der Waals surface area contributed by atoms with Gasteiger partial charge in [-0.25, -0.2) is 0 Å². The second-order valence-corrected chi connectivity index (χ2v) is 2.32. The standard InChI is InChI=1S/C6H12N2/c1-6-2-3-7-5-8-4-6/h3,6,8H,2,4-5H2,1H3. The maximum Gasteiger partial charge on any atom is 0.0880 e. The summed E-state index contributed by atoms with van der Waals surface area (Å²) in [5.74, 6) is 0.765. The van der Waals surface area contributed by atoms with E-state index in [2.05, 4.69) is 17.2 Å². The quantitative estimate of drug-likeness (QED) is 0.488. The summed E-state index contributed by atoms with van der Waals surface area (Å²) in [6.45, 7) is 4.15. The van der Waals surface area contributed by atoms with Crippen molar-refractivity contribution in [1.82, 2.24) is 5.32 Å². The Kier molecular flexibility index (Phi) is 2.03. The summed E-state index contributed by atoms with van der Waals surface area (Å²) in [5.41, 5.74) is 0. The Labute approximate surface area is 50.0 Å². The molecule has 2 nitrogen and oxygen atoms in total. The van der Waals surface area contributed by atoms with Crippen LogP contribution in [0.3, 0.4) is 0 Å². The first-order valence-corrected chi connectivity index (χ1v) is 3.08. The topological polar surface area (TPSA) is 24.4 Å². The summed E-state index contributed by atoms with van der Waals surface area (Å²) >= 11 is 0. The van der Waals surface area contributed by atoms with Crippen molar-refractivity contribution in [3.05, 3.63) is 0 Å². The van der Waals surface area contributed by atoms with Crippen LogP contribution < -0.4 is 5.32 Å². The molecular formula is C6H12N2. The van der Waals surface area contributed by atoms with Crippen LogP contribution in [0.5, 0.6) is 0 Å². The van der Waals surface area contributed by atoms with Gasteiger partial charge in [0.15, 0.2) is 0 Å². The molecule has 0 bridgehead atoms. The Morgan fingerprint density at radius 1 is 1.75 bits per heavy atom. The van der Waals surface area contributed by atoms with Gasteiger partial charge < -0.3 is 0 Å². The van der Waals surface area contributed by atoms with Crippen LogP contribution in [0.4, 0.5) is 0 Å². The van der Waals surface area contributed by atoms with E-state index >= 15 is 0 Å². The van der Waals surface area contributed by atoms with Gasteiger partial charge in [-0.15, -0.1) is 0 Å². The van der Waals surface area contributed by atoms with Gasteiger partial charge in [-0.1, -0.05) is 6.92 Å². The Morgan fingerprint density at radius 3 is 3.50 bits per heavy atom. The van der Waals surface area contributed by atoms with E-state index in [-0.39, 0.29) is 0 Å². The van der Waals surface area contributed by atoms with E-state index in [1.165, 1.54) is 0 Å². The molecule has 1 aliphatic rings. The van der Waals surface area contributed by atoms with Crippen molar-refractivity contribution in [2.75, 3.05) is 13.2 Å². The molecule has 1 heterocycles. The summed E-state index contributed by atoms with van der Waals surface area (Å²) in [5, 5.41) is 3.20. The van der Waals surface area contributed by atoms with Crippen molar-refractivity contribution in [2.45, 2.75) is 13.3 Å². The van der Waals surface area contributed by atoms with E-state index < -0.39 is 0 Å². The van der Waals surface area contributed by atoms with Gasteiger partial charge in [-0.05, 0) is 18.9 Å². The summed E-state index contributed by atoms with van der Waals surface area (Å²) < 4.78 is 0. The van der Waals surface area contributed by atoms with E-state index in [1.807, 2.05) is 6.21 Å². The third kappa shape index (κ3) is 1.62. The summed E-state index contributed by atoms with van der Waals surface area (Å²) in [6, 6.07) is 0. The van der Waals surface area contributed by atoms with Gasteiger partial charge in [0.25, 0.3) is 0 Å². The molecule has 1 N–H and O–H groups in total. The second kappa shape index (κ2) is 2.82. The normalized spacial score (nSPS) is 29.9. The molecule has 0 aliphatic carbocycles. The second-order valence-electron chi connectivity index (χ2n) is 2.32. The Hall–Kier alpha value is -0.370. The lowest BCUT2D eigenvalue weighted by atomic mass is 10.1. The molecule has 46 valence electrons. The van der Waals surface area contributed by atoms with Crippen molar-refractivity contribution < 1.29 is 0 Å². The zero-order chi connectivity index (χ0) is 5.82. The Balaban J connectivity index is 2.30. The molecule has 0 aromatic heterocycles. The van der Waals surface area contributed by atoms with Gasteiger partial charge in [0.05, 0.1) is 6.67 Å². The van der Waals surface area contributed by atoms with Gasteiger partial charge in [-0.2, -0.15) is 0 Å². The van der Waals surface area contributed by atoms with Crippen LogP contribution >= 0.6 is 0 Å². The number of rotatable bonds is 0. The van der Waals surface area contributed by atoms with Crippen LogP contribution in [0, 0.1) is 5.92 Å². The average molecular weight is 112 g/mol. The molecule has 1 unspecified atom stereocenters. The predicted molar refractivity (Wildman–Crippen MR) is 35.1 cm³/mol. The van der Waals surface area contributed by atoms with E-state index in [9.17, 15) is 0 Å². The van der Waals surface area contributed by atoms with Gasteiger partial charge in [0.2, 0.25) is 0 Å². The molecule has 0 saturated heterocycles. The van der Waals surface area contributed by atoms with E-state index in [1.54, 1.807) is 0 Å². The fourth-order valence-electron chi connectivity index (χ4n) is 0.778. The molecule has 0 aromatic carbocycles. The summed E-state index contributed by atoms with van der Waals surface area (Å²) in [4.78, 5) is 4.09. The Morgan fingerprint density at radius 2 is 2.62 bits per heavy atom. The first-order valence-electron chi connectivity index (χ1n) is 3.08. The maximum atomic E-state index is 4.09. The smallest absolute Gasteiger partial charge is 0.0880 e. The van der Waals surface area contributed by atoms with Gasteiger partial charge >= 0.3 is 0 Å². The number of hydrogen-bond acceptors (Lipinski definition) is 2. The van der Waals surface area contributed by atoms with Crippen LogP contribution in [0.15, 0.2) is 4.99 Å². The van der Waals surface area contributed by atoms with Crippen molar-refractivity contribution in [1.29, 1.82) is 0 Å². The Bertz CT molecular complexity index is 88.5. The molecule has 2 heteroatoms. The van der Waals surface area contributed by atoms with Crippen LogP contribution in [-0.4, -0.2) is 19.4 Å². The van der Waals surface area contributed by atoms with E-state index in [0.29, 0.717) is 0 Å². The highest BCUT2D eigenvalue weighted by atomic mass is 15.0. The SMILES string of the molecule is CC1CC=NCNC1. The fourth-order valence-corrected chi connectivity index (χ4v) is 0.778. The van der Waals surface area contributed by atoms with Gasteiger partial charge in [0.1, 0.15) is 0 Å². The number of hydrogen-bond donors (Lipinski definition) is 1. The molecule has 0 radical (unpaired) electrons. The summed E-state index contributed by atoms with van der Waals surface area (Å²) in [6.07, 6.45) is 3.14. The first-order chi connectivity index (χ1) is 3.89. The average Bonchev–Trinajstić information content (AvgIpc) is 1.94. The number of nitrogens with one attached hydrogen (secondary N) is 1. The lowest BCUT2D eigenvalue weighted by molar-refractivity contribution is 0.555. The van der Waals surface area contributed by atoms with Gasteiger partial charge in [0, 0.05) is 6.21 Å². The van der Waals surface area contributed by atoms with Crippen molar-refractivity contribution >= 4 is 6.21 Å². The molecule has 1 aliphatic heterocycles. The molecule has 0 aromatic rings. The van der Waals surface area contributed by atoms with Crippen LogP contribution in [-0.2, 0) is 0 Å². The third-order valence-corrected chi connectivity index (χ3v) is 1.33. The monoisotopic (exact) mass is 112 g/mol. The van der Waals surface area contributed by atoms with E-state index in [4.69, 9.17) is 0 Å². The number of nitrogens with zero attached hydrogens (tertiary/aromatic N) is 1. The minimum atomic E-state index is 0.765. The van der Waals surface area contributed by atoms with Crippen molar-refractivity contribution in [3.8, 4) is 0 Å². The molecule has 0 saturated carbocycles.